The van der Waals surface area contributed by atoms with Gasteiger partial charge in [0, 0.05) is 6.04 Å². The molecule has 4 atom stereocenters. The zero-order valence-corrected chi connectivity index (χ0v) is 11.2. The SMILES string of the molecule is CCCCC(CC)NCC1CC2CCC1C2. The van der Waals surface area contributed by atoms with Gasteiger partial charge in [-0.25, -0.2) is 0 Å². The Hall–Kier alpha value is -0.0400. The second-order valence-corrected chi connectivity index (χ2v) is 6.09. The molecule has 0 heterocycles. The molecule has 0 aromatic rings. The molecule has 1 nitrogen and oxygen atoms in total. The van der Waals surface area contributed by atoms with Gasteiger partial charge in [-0.2, -0.15) is 0 Å². The lowest BCUT2D eigenvalue weighted by atomic mass is 9.88. The van der Waals surface area contributed by atoms with E-state index >= 15 is 0 Å². The molecular formula is C15H29N. The van der Waals surface area contributed by atoms with E-state index in [0.29, 0.717) is 0 Å². The Morgan fingerprint density at radius 3 is 2.62 bits per heavy atom. The molecule has 1 heteroatoms. The summed E-state index contributed by atoms with van der Waals surface area (Å²) in [6, 6.07) is 0.791. The summed E-state index contributed by atoms with van der Waals surface area (Å²) in [5.41, 5.74) is 0. The number of unbranched alkanes of at least 4 members (excludes halogenated alkanes) is 1. The summed E-state index contributed by atoms with van der Waals surface area (Å²) in [4.78, 5) is 0. The van der Waals surface area contributed by atoms with Crippen LogP contribution in [0.15, 0.2) is 0 Å². The molecule has 0 radical (unpaired) electrons. The van der Waals surface area contributed by atoms with Crippen LogP contribution in [0.1, 0.15) is 65.2 Å². The van der Waals surface area contributed by atoms with Crippen molar-refractivity contribution in [3.63, 3.8) is 0 Å². The lowest BCUT2D eigenvalue weighted by molar-refractivity contribution is 0.298. The maximum atomic E-state index is 3.83. The molecule has 2 aliphatic rings. The van der Waals surface area contributed by atoms with Crippen LogP contribution < -0.4 is 5.32 Å². The summed E-state index contributed by atoms with van der Waals surface area (Å²) < 4.78 is 0. The zero-order chi connectivity index (χ0) is 11.4. The molecule has 2 rings (SSSR count). The van der Waals surface area contributed by atoms with Crippen molar-refractivity contribution in [1.82, 2.24) is 5.32 Å². The minimum atomic E-state index is 0.791. The minimum Gasteiger partial charge on any atom is -0.314 e. The predicted molar refractivity (Wildman–Crippen MR) is 70.5 cm³/mol. The fourth-order valence-electron chi connectivity index (χ4n) is 3.85. The minimum absolute atomic E-state index is 0.791. The van der Waals surface area contributed by atoms with Crippen molar-refractivity contribution in [2.45, 2.75) is 71.3 Å². The molecule has 0 aromatic heterocycles. The van der Waals surface area contributed by atoms with Crippen LogP contribution in [0, 0.1) is 17.8 Å². The van der Waals surface area contributed by atoms with E-state index < -0.39 is 0 Å². The Morgan fingerprint density at radius 2 is 2.06 bits per heavy atom. The van der Waals surface area contributed by atoms with Crippen LogP contribution in [-0.4, -0.2) is 12.6 Å². The highest BCUT2D eigenvalue weighted by molar-refractivity contribution is 4.91. The van der Waals surface area contributed by atoms with Crippen molar-refractivity contribution < 1.29 is 0 Å². The topological polar surface area (TPSA) is 12.0 Å². The van der Waals surface area contributed by atoms with Crippen molar-refractivity contribution in [2.75, 3.05) is 6.54 Å². The fraction of sp³-hybridized carbons (Fsp3) is 1.00. The summed E-state index contributed by atoms with van der Waals surface area (Å²) in [6.45, 7) is 5.93. The molecule has 2 fully saturated rings. The van der Waals surface area contributed by atoms with Gasteiger partial charge in [0.25, 0.3) is 0 Å². The van der Waals surface area contributed by atoms with E-state index in [-0.39, 0.29) is 0 Å². The van der Waals surface area contributed by atoms with Crippen molar-refractivity contribution in [3.05, 3.63) is 0 Å². The molecule has 2 bridgehead atoms. The van der Waals surface area contributed by atoms with Gasteiger partial charge in [0.15, 0.2) is 0 Å². The molecule has 16 heavy (non-hydrogen) atoms. The van der Waals surface area contributed by atoms with E-state index in [4.69, 9.17) is 0 Å². The molecule has 4 unspecified atom stereocenters. The van der Waals surface area contributed by atoms with Crippen LogP contribution in [0.3, 0.4) is 0 Å². The summed E-state index contributed by atoms with van der Waals surface area (Å²) in [6.07, 6.45) is 11.6. The Labute approximate surface area is 101 Å². The van der Waals surface area contributed by atoms with Crippen LogP contribution in [0.2, 0.25) is 0 Å². The van der Waals surface area contributed by atoms with Crippen LogP contribution in [0.4, 0.5) is 0 Å². The molecule has 0 aromatic carbocycles. The van der Waals surface area contributed by atoms with Gasteiger partial charge in [0.2, 0.25) is 0 Å². The van der Waals surface area contributed by atoms with Gasteiger partial charge in [-0.05, 0) is 56.4 Å². The number of hydrogen-bond donors (Lipinski definition) is 1. The Bertz CT molecular complexity index is 202. The van der Waals surface area contributed by atoms with E-state index in [2.05, 4.69) is 19.2 Å². The van der Waals surface area contributed by atoms with E-state index in [9.17, 15) is 0 Å². The average Bonchev–Trinajstić information content (AvgIpc) is 2.91. The standard InChI is InChI=1S/C15H29N/c1-3-5-6-15(4-2)16-11-14-10-12-7-8-13(14)9-12/h12-16H,3-11H2,1-2H3. The quantitative estimate of drug-likeness (QED) is 0.688. The second kappa shape index (κ2) is 6.05. The molecule has 0 amide bonds. The molecule has 0 saturated heterocycles. The van der Waals surface area contributed by atoms with Crippen molar-refractivity contribution >= 4 is 0 Å². The normalized spacial score (nSPS) is 34.5. The highest BCUT2D eigenvalue weighted by Gasteiger charge is 2.39. The summed E-state index contributed by atoms with van der Waals surface area (Å²) in [5.74, 6) is 3.21. The van der Waals surface area contributed by atoms with E-state index in [0.717, 1.165) is 23.8 Å². The Kier molecular flexibility index (Phi) is 4.69. The van der Waals surface area contributed by atoms with Crippen molar-refractivity contribution in [1.29, 1.82) is 0 Å². The second-order valence-electron chi connectivity index (χ2n) is 6.09. The monoisotopic (exact) mass is 223 g/mol. The van der Waals surface area contributed by atoms with Gasteiger partial charge in [-0.1, -0.05) is 33.1 Å². The van der Waals surface area contributed by atoms with Crippen molar-refractivity contribution in [3.8, 4) is 0 Å². The Morgan fingerprint density at radius 1 is 1.19 bits per heavy atom. The molecule has 94 valence electrons. The fourth-order valence-corrected chi connectivity index (χ4v) is 3.85. The summed E-state index contributed by atoms with van der Waals surface area (Å²) in [5, 5.41) is 3.83. The molecule has 1 N–H and O–H groups in total. The van der Waals surface area contributed by atoms with Gasteiger partial charge in [-0.15, -0.1) is 0 Å². The first-order valence-corrected chi connectivity index (χ1v) is 7.56. The number of rotatable bonds is 7. The lowest BCUT2D eigenvalue weighted by Gasteiger charge is -2.25. The van der Waals surface area contributed by atoms with Gasteiger partial charge < -0.3 is 5.32 Å². The first-order valence-electron chi connectivity index (χ1n) is 7.56. The largest absolute Gasteiger partial charge is 0.314 e. The van der Waals surface area contributed by atoms with E-state index in [1.165, 1.54) is 51.5 Å². The molecule has 0 spiro atoms. The van der Waals surface area contributed by atoms with Gasteiger partial charge >= 0.3 is 0 Å². The highest BCUT2D eigenvalue weighted by Crippen LogP contribution is 2.47. The Balaban J connectivity index is 1.65. The third-order valence-corrected chi connectivity index (χ3v) is 4.95. The predicted octanol–water partition coefficient (Wildman–Crippen LogP) is 3.98. The lowest BCUT2D eigenvalue weighted by Crippen LogP contribution is -2.34. The molecule has 0 aliphatic heterocycles. The van der Waals surface area contributed by atoms with Crippen LogP contribution >= 0.6 is 0 Å². The number of nitrogens with one attached hydrogen (secondary N) is 1. The first-order chi connectivity index (χ1) is 7.83. The van der Waals surface area contributed by atoms with Crippen LogP contribution in [-0.2, 0) is 0 Å². The zero-order valence-electron chi connectivity index (χ0n) is 11.2. The summed E-state index contributed by atoms with van der Waals surface area (Å²) >= 11 is 0. The highest BCUT2D eigenvalue weighted by atomic mass is 14.9. The number of hydrogen-bond acceptors (Lipinski definition) is 1. The number of fused-ring (bicyclic) bond motifs is 2. The first kappa shape index (κ1) is 12.4. The van der Waals surface area contributed by atoms with E-state index in [1.807, 2.05) is 0 Å². The maximum Gasteiger partial charge on any atom is 0.00645 e. The molecule has 2 saturated carbocycles. The third-order valence-electron chi connectivity index (χ3n) is 4.95. The molecule has 2 aliphatic carbocycles. The maximum absolute atomic E-state index is 3.83. The summed E-state index contributed by atoms with van der Waals surface area (Å²) in [7, 11) is 0. The van der Waals surface area contributed by atoms with Gasteiger partial charge in [0.1, 0.15) is 0 Å². The van der Waals surface area contributed by atoms with Gasteiger partial charge in [0.05, 0.1) is 0 Å². The molecular weight excluding hydrogens is 194 g/mol. The third kappa shape index (κ3) is 3.00. The average molecular weight is 223 g/mol. The van der Waals surface area contributed by atoms with Crippen molar-refractivity contribution in [2.24, 2.45) is 17.8 Å². The van der Waals surface area contributed by atoms with Crippen LogP contribution in [0.5, 0.6) is 0 Å². The smallest absolute Gasteiger partial charge is 0.00645 e. The van der Waals surface area contributed by atoms with Gasteiger partial charge in [-0.3, -0.25) is 0 Å². The van der Waals surface area contributed by atoms with Crippen LogP contribution in [0.25, 0.3) is 0 Å². The van der Waals surface area contributed by atoms with E-state index in [1.54, 1.807) is 6.42 Å².